The number of sulfonamides is 1. The summed E-state index contributed by atoms with van der Waals surface area (Å²) in [6.07, 6.45) is 0.633. The topological polar surface area (TPSA) is 105 Å². The average Bonchev–Trinajstić information content (AvgIpc) is 2.62. The van der Waals surface area contributed by atoms with Gasteiger partial charge in [0.15, 0.2) is 11.5 Å². The van der Waals surface area contributed by atoms with Crippen molar-refractivity contribution in [2.75, 3.05) is 20.8 Å². The molecule has 7 nitrogen and oxygen atoms in total. The van der Waals surface area contributed by atoms with E-state index in [0.717, 1.165) is 5.56 Å². The molecule has 134 valence electrons. The number of hydrogen-bond acceptors (Lipinski definition) is 4. The van der Waals surface area contributed by atoms with Gasteiger partial charge < -0.3 is 9.47 Å². The highest BCUT2D eigenvalue weighted by atomic mass is 32.2. The molecule has 2 aromatic carbocycles. The molecule has 0 aliphatic rings. The van der Waals surface area contributed by atoms with E-state index in [9.17, 15) is 8.42 Å². The van der Waals surface area contributed by atoms with Crippen LogP contribution in [0.5, 0.6) is 11.5 Å². The van der Waals surface area contributed by atoms with Crippen molar-refractivity contribution < 1.29 is 22.9 Å². The third kappa shape index (κ3) is 5.12. The molecule has 0 aliphatic carbocycles. The van der Waals surface area contributed by atoms with Crippen LogP contribution in [0, 0.1) is 0 Å². The van der Waals surface area contributed by atoms with Gasteiger partial charge in [0, 0.05) is 6.42 Å². The molecule has 2 rings (SSSR count). The summed E-state index contributed by atoms with van der Waals surface area (Å²) < 4.78 is 37.0. The van der Waals surface area contributed by atoms with Gasteiger partial charge in [0.1, 0.15) is 4.90 Å². The smallest absolute Gasteiger partial charge is 0.356 e. The second-order valence-corrected chi connectivity index (χ2v) is 6.88. The molecule has 0 amide bonds. The largest absolute Gasteiger partial charge is 0.493 e. The van der Waals surface area contributed by atoms with Crippen LogP contribution >= 0.6 is 0 Å². The summed E-state index contributed by atoms with van der Waals surface area (Å²) in [6, 6.07) is 13.6. The number of benzene rings is 2. The Morgan fingerprint density at radius 1 is 1.08 bits per heavy atom. The summed E-state index contributed by atoms with van der Waals surface area (Å²) in [4.78, 5) is 3.01. The lowest BCUT2D eigenvalue weighted by atomic mass is 10.1. The first kappa shape index (κ1) is 18.6. The highest BCUT2D eigenvalue weighted by Crippen LogP contribution is 2.27. The molecule has 0 radical (unpaired) electrons. The van der Waals surface area contributed by atoms with Crippen molar-refractivity contribution in [2.24, 2.45) is 5.73 Å². The molecular formula is C17H22N3O4S+. The van der Waals surface area contributed by atoms with Crippen LogP contribution in [-0.4, -0.2) is 35.1 Å². The molecule has 0 aliphatic heterocycles. The van der Waals surface area contributed by atoms with Gasteiger partial charge in [-0.05, 0) is 29.8 Å². The first-order valence-corrected chi connectivity index (χ1v) is 9.09. The van der Waals surface area contributed by atoms with Crippen molar-refractivity contribution in [2.45, 2.75) is 11.3 Å². The summed E-state index contributed by atoms with van der Waals surface area (Å²) in [7, 11) is -0.535. The molecule has 0 spiro atoms. The molecule has 0 heterocycles. The van der Waals surface area contributed by atoms with Crippen molar-refractivity contribution in [3.05, 3.63) is 54.1 Å². The minimum absolute atomic E-state index is 0.0238. The van der Waals surface area contributed by atoms with Crippen molar-refractivity contribution in [3.63, 3.8) is 0 Å². The molecule has 4 N–H and O–H groups in total. The van der Waals surface area contributed by atoms with Crippen LogP contribution in [0.4, 0.5) is 0 Å². The first-order valence-electron chi connectivity index (χ1n) is 7.61. The van der Waals surface area contributed by atoms with Crippen LogP contribution in [-0.2, 0) is 16.4 Å². The van der Waals surface area contributed by atoms with Gasteiger partial charge in [-0.15, -0.1) is 0 Å². The summed E-state index contributed by atoms with van der Waals surface area (Å²) in [5.41, 5.74) is 6.74. The zero-order chi connectivity index (χ0) is 18.3. The number of ether oxygens (including phenoxy) is 2. The number of nitrogens with one attached hydrogen (secondary N) is 2. The monoisotopic (exact) mass is 364 g/mol. The molecular weight excluding hydrogens is 342 g/mol. The van der Waals surface area contributed by atoms with Crippen molar-refractivity contribution in [1.82, 2.24) is 4.72 Å². The lowest BCUT2D eigenvalue weighted by Crippen LogP contribution is -2.79. The number of rotatable bonds is 7. The molecule has 25 heavy (non-hydrogen) atoms. The lowest BCUT2D eigenvalue weighted by Gasteiger charge is -2.08. The molecule has 0 aromatic heterocycles. The van der Waals surface area contributed by atoms with E-state index in [4.69, 9.17) is 15.2 Å². The molecule has 0 atom stereocenters. The van der Waals surface area contributed by atoms with E-state index in [1.807, 2.05) is 18.2 Å². The van der Waals surface area contributed by atoms with E-state index in [1.165, 1.54) is 12.1 Å². The standard InChI is InChI=1S/C17H21N3O4S/c1-23-15-9-8-13(12-16(15)24-2)10-11-19-17(18)20-25(21,22)14-6-4-3-5-7-14/h3-9,12H,10-11H2,1-2H3,(H3,18,19,20)/p+1. The molecule has 0 saturated carbocycles. The number of guanidine groups is 1. The Labute approximate surface area is 147 Å². The summed E-state index contributed by atoms with van der Waals surface area (Å²) >= 11 is 0. The predicted molar refractivity (Wildman–Crippen MR) is 95.0 cm³/mol. The van der Waals surface area contributed by atoms with E-state index in [-0.39, 0.29) is 10.9 Å². The lowest BCUT2D eigenvalue weighted by molar-refractivity contribution is -0.459. The molecule has 8 heteroatoms. The van der Waals surface area contributed by atoms with E-state index < -0.39 is 10.0 Å². The Hall–Kier alpha value is -2.74. The van der Waals surface area contributed by atoms with Crippen LogP contribution < -0.4 is 24.9 Å². The van der Waals surface area contributed by atoms with Crippen molar-refractivity contribution in [1.29, 1.82) is 0 Å². The van der Waals surface area contributed by atoms with Gasteiger partial charge in [-0.2, -0.15) is 13.1 Å². The van der Waals surface area contributed by atoms with E-state index in [1.54, 1.807) is 32.4 Å². The number of hydrogen-bond donors (Lipinski definition) is 3. The van der Waals surface area contributed by atoms with Crippen LogP contribution in [0.15, 0.2) is 53.4 Å². The SMILES string of the molecule is COc1ccc(CC[NH+]=C(N)NS(=O)(=O)c2ccccc2)cc1OC. The number of nitrogens with two attached hydrogens (primary N) is 1. The Kier molecular flexibility index (Phi) is 6.24. The fourth-order valence-corrected chi connectivity index (χ4v) is 3.21. The van der Waals surface area contributed by atoms with Gasteiger partial charge in [-0.3, -0.25) is 10.7 Å². The van der Waals surface area contributed by atoms with Gasteiger partial charge in [0.05, 0.1) is 20.8 Å². The minimum Gasteiger partial charge on any atom is -0.493 e. The van der Waals surface area contributed by atoms with Crippen molar-refractivity contribution >= 4 is 16.0 Å². The zero-order valence-electron chi connectivity index (χ0n) is 14.2. The first-order chi connectivity index (χ1) is 12.0. The Balaban J connectivity index is 1.98. The van der Waals surface area contributed by atoms with Crippen LogP contribution in [0.3, 0.4) is 0 Å². The fourth-order valence-electron chi connectivity index (χ4n) is 2.22. The van der Waals surface area contributed by atoms with E-state index in [0.29, 0.717) is 24.5 Å². The van der Waals surface area contributed by atoms with Gasteiger partial charge >= 0.3 is 16.0 Å². The number of methoxy groups -OCH3 is 2. The Morgan fingerprint density at radius 2 is 1.76 bits per heavy atom. The van der Waals surface area contributed by atoms with Gasteiger partial charge in [-0.25, -0.2) is 0 Å². The van der Waals surface area contributed by atoms with Crippen molar-refractivity contribution in [3.8, 4) is 11.5 Å². The third-order valence-electron chi connectivity index (χ3n) is 3.47. The highest BCUT2D eigenvalue weighted by Gasteiger charge is 2.18. The maximum atomic E-state index is 12.1. The normalized spacial score (nSPS) is 11.8. The van der Waals surface area contributed by atoms with Crippen LogP contribution in [0.25, 0.3) is 0 Å². The molecule has 0 saturated heterocycles. The summed E-state index contributed by atoms with van der Waals surface area (Å²) in [5.74, 6) is 1.27. The van der Waals surface area contributed by atoms with Gasteiger partial charge in [0.2, 0.25) is 0 Å². The molecule has 0 unspecified atom stereocenters. The predicted octanol–water partition coefficient (Wildman–Crippen LogP) is -0.380. The second-order valence-electron chi connectivity index (χ2n) is 5.20. The molecule has 0 bridgehead atoms. The quantitative estimate of drug-likeness (QED) is 0.459. The highest BCUT2D eigenvalue weighted by molar-refractivity contribution is 7.90. The van der Waals surface area contributed by atoms with Gasteiger partial charge in [-0.1, -0.05) is 24.3 Å². The fraction of sp³-hybridized carbons (Fsp3) is 0.235. The molecule has 0 fully saturated rings. The average molecular weight is 364 g/mol. The second kappa shape index (κ2) is 8.39. The zero-order valence-corrected chi connectivity index (χ0v) is 15.0. The summed E-state index contributed by atoms with van der Waals surface area (Å²) in [6.45, 7) is 0.457. The van der Waals surface area contributed by atoms with Crippen LogP contribution in [0.2, 0.25) is 0 Å². The third-order valence-corrected chi connectivity index (χ3v) is 4.86. The maximum absolute atomic E-state index is 12.1. The maximum Gasteiger partial charge on any atom is 0.356 e. The van der Waals surface area contributed by atoms with Crippen LogP contribution in [0.1, 0.15) is 5.56 Å². The minimum atomic E-state index is -3.69. The Bertz CT molecular complexity index is 836. The molecule has 2 aromatic rings. The van der Waals surface area contributed by atoms with Gasteiger partial charge in [0.25, 0.3) is 0 Å². The Morgan fingerprint density at radius 3 is 2.40 bits per heavy atom. The summed E-state index contributed by atoms with van der Waals surface area (Å²) in [5, 5.41) is 0. The van der Waals surface area contributed by atoms with E-state index >= 15 is 0 Å². The van der Waals surface area contributed by atoms with E-state index in [2.05, 4.69) is 9.71 Å².